The Morgan fingerprint density at radius 1 is 1.11 bits per heavy atom. The van der Waals surface area contributed by atoms with Gasteiger partial charge in [0, 0.05) is 16.7 Å². The van der Waals surface area contributed by atoms with Crippen molar-refractivity contribution in [2.75, 3.05) is 0 Å². The van der Waals surface area contributed by atoms with Gasteiger partial charge in [0.2, 0.25) is 0 Å². The number of hydrogen-bond acceptors (Lipinski definition) is 3. The first kappa shape index (κ1) is 11.4. The van der Waals surface area contributed by atoms with Crippen LogP contribution in [0, 0.1) is 6.92 Å². The fourth-order valence-corrected chi connectivity index (χ4v) is 2.01. The number of aryl methyl sites for hydroxylation is 1. The molecule has 0 saturated heterocycles. The predicted octanol–water partition coefficient (Wildman–Crippen LogP) is 3.41. The highest BCUT2D eigenvalue weighted by Crippen LogP contribution is 2.24. The summed E-state index contributed by atoms with van der Waals surface area (Å²) in [6, 6.07) is 7.38. The summed E-state index contributed by atoms with van der Waals surface area (Å²) >= 11 is 11.8. The van der Waals surface area contributed by atoms with Crippen LogP contribution in [0.5, 0.6) is 0 Å². The molecular formula is C12H8Cl2N4. The van der Waals surface area contributed by atoms with Crippen LogP contribution in [0.3, 0.4) is 0 Å². The van der Waals surface area contributed by atoms with Crippen molar-refractivity contribution in [1.82, 2.24) is 19.6 Å². The summed E-state index contributed by atoms with van der Waals surface area (Å²) in [5.41, 5.74) is 2.60. The average Bonchev–Trinajstić information content (AvgIpc) is 2.75. The third kappa shape index (κ3) is 1.83. The largest absolute Gasteiger partial charge is 0.265 e. The quantitative estimate of drug-likeness (QED) is 0.641. The van der Waals surface area contributed by atoms with E-state index in [1.807, 2.05) is 25.1 Å². The molecule has 2 heterocycles. The van der Waals surface area contributed by atoms with E-state index in [-0.39, 0.29) is 0 Å². The van der Waals surface area contributed by atoms with Gasteiger partial charge in [-0.1, -0.05) is 23.2 Å². The summed E-state index contributed by atoms with van der Waals surface area (Å²) in [7, 11) is 0. The average molecular weight is 279 g/mol. The maximum atomic E-state index is 6.01. The van der Waals surface area contributed by atoms with Gasteiger partial charge >= 0.3 is 0 Å². The Labute approximate surface area is 113 Å². The van der Waals surface area contributed by atoms with Crippen molar-refractivity contribution in [2.45, 2.75) is 6.92 Å². The van der Waals surface area contributed by atoms with Crippen LogP contribution < -0.4 is 0 Å². The Bertz CT molecular complexity index is 736. The summed E-state index contributed by atoms with van der Waals surface area (Å²) in [6.07, 6.45) is 1.61. The highest BCUT2D eigenvalue weighted by Gasteiger charge is 2.09. The van der Waals surface area contributed by atoms with E-state index in [2.05, 4.69) is 15.2 Å². The molecule has 0 spiro atoms. The molecule has 0 unspecified atom stereocenters. The first-order chi connectivity index (χ1) is 8.65. The van der Waals surface area contributed by atoms with Gasteiger partial charge in [-0.25, -0.2) is 4.98 Å². The number of halogens is 2. The van der Waals surface area contributed by atoms with Crippen molar-refractivity contribution in [3.8, 4) is 11.4 Å². The van der Waals surface area contributed by atoms with Gasteiger partial charge in [-0.3, -0.25) is 4.40 Å². The van der Waals surface area contributed by atoms with E-state index in [9.17, 15) is 0 Å². The first-order valence-electron chi connectivity index (χ1n) is 5.28. The van der Waals surface area contributed by atoms with Crippen molar-refractivity contribution in [3.63, 3.8) is 0 Å². The van der Waals surface area contributed by atoms with E-state index in [4.69, 9.17) is 23.2 Å². The molecule has 0 radical (unpaired) electrons. The van der Waals surface area contributed by atoms with Gasteiger partial charge in [0.05, 0.1) is 0 Å². The molecule has 0 aliphatic rings. The summed E-state index contributed by atoms with van der Waals surface area (Å²) in [6.45, 7) is 1.95. The van der Waals surface area contributed by atoms with Crippen molar-refractivity contribution in [2.24, 2.45) is 0 Å². The van der Waals surface area contributed by atoms with Crippen LogP contribution >= 0.6 is 23.2 Å². The third-order valence-corrected chi connectivity index (χ3v) is 3.31. The fraction of sp³-hybridized carbons (Fsp3) is 0.0833. The van der Waals surface area contributed by atoms with Crippen LogP contribution in [0.15, 0.2) is 30.6 Å². The minimum absolute atomic E-state index is 0.397. The summed E-state index contributed by atoms with van der Waals surface area (Å²) in [5.74, 6) is 0.717. The van der Waals surface area contributed by atoms with Crippen molar-refractivity contribution < 1.29 is 0 Å². The minimum atomic E-state index is 0.397. The standard InChI is InChI=1S/C12H8Cl2N4/c1-7-4-8(2-3-9(7)13)12-17-16-11-5-10(14)15-6-18(11)12/h2-6H,1H3. The summed E-state index contributed by atoms with van der Waals surface area (Å²) in [5, 5.41) is 9.34. The van der Waals surface area contributed by atoms with E-state index in [0.29, 0.717) is 16.6 Å². The van der Waals surface area contributed by atoms with Crippen LogP contribution in [-0.4, -0.2) is 19.6 Å². The number of aromatic nitrogens is 4. The molecule has 0 saturated carbocycles. The lowest BCUT2D eigenvalue weighted by molar-refractivity contribution is 1.08. The second kappa shape index (κ2) is 4.23. The Kier molecular flexibility index (Phi) is 2.69. The molecule has 0 amide bonds. The van der Waals surface area contributed by atoms with Gasteiger partial charge in [0.25, 0.3) is 0 Å². The van der Waals surface area contributed by atoms with Crippen molar-refractivity contribution >= 4 is 28.8 Å². The molecule has 0 aliphatic heterocycles. The highest BCUT2D eigenvalue weighted by molar-refractivity contribution is 6.31. The molecular weight excluding hydrogens is 271 g/mol. The second-order valence-electron chi connectivity index (χ2n) is 3.93. The fourth-order valence-electron chi connectivity index (χ4n) is 1.75. The van der Waals surface area contributed by atoms with Gasteiger partial charge in [0.15, 0.2) is 11.5 Å². The van der Waals surface area contributed by atoms with Gasteiger partial charge in [-0.15, -0.1) is 10.2 Å². The van der Waals surface area contributed by atoms with Crippen LogP contribution in [0.25, 0.3) is 17.0 Å². The predicted molar refractivity (Wildman–Crippen MR) is 71.0 cm³/mol. The zero-order valence-corrected chi connectivity index (χ0v) is 10.9. The Hall–Kier alpha value is -1.65. The molecule has 6 heteroatoms. The molecule has 2 aromatic heterocycles. The molecule has 1 aromatic carbocycles. The van der Waals surface area contributed by atoms with Crippen LogP contribution in [0.4, 0.5) is 0 Å². The monoisotopic (exact) mass is 278 g/mol. The number of hydrogen-bond donors (Lipinski definition) is 0. The lowest BCUT2D eigenvalue weighted by Crippen LogP contribution is -1.91. The van der Waals surface area contributed by atoms with E-state index in [1.165, 1.54) is 0 Å². The molecule has 0 fully saturated rings. The van der Waals surface area contributed by atoms with E-state index < -0.39 is 0 Å². The van der Waals surface area contributed by atoms with Crippen molar-refractivity contribution in [1.29, 1.82) is 0 Å². The normalized spacial score (nSPS) is 11.1. The molecule has 0 bridgehead atoms. The SMILES string of the molecule is Cc1cc(-c2nnc3cc(Cl)ncn23)ccc1Cl. The van der Waals surface area contributed by atoms with Gasteiger partial charge in [-0.2, -0.15) is 0 Å². The van der Waals surface area contributed by atoms with Crippen LogP contribution in [-0.2, 0) is 0 Å². The number of rotatable bonds is 1. The van der Waals surface area contributed by atoms with Gasteiger partial charge < -0.3 is 0 Å². The Morgan fingerprint density at radius 2 is 1.94 bits per heavy atom. The molecule has 0 aliphatic carbocycles. The highest BCUT2D eigenvalue weighted by atomic mass is 35.5. The molecule has 3 rings (SSSR count). The minimum Gasteiger partial charge on any atom is -0.265 e. The van der Waals surface area contributed by atoms with Gasteiger partial charge in [-0.05, 0) is 30.7 Å². The Morgan fingerprint density at radius 3 is 2.72 bits per heavy atom. The van der Waals surface area contributed by atoms with E-state index in [0.717, 1.165) is 16.1 Å². The lowest BCUT2D eigenvalue weighted by atomic mass is 10.1. The molecule has 4 nitrogen and oxygen atoms in total. The third-order valence-electron chi connectivity index (χ3n) is 2.68. The smallest absolute Gasteiger partial charge is 0.169 e. The molecule has 0 atom stereocenters. The summed E-state index contributed by atoms with van der Waals surface area (Å²) in [4.78, 5) is 4.03. The van der Waals surface area contributed by atoms with Crippen molar-refractivity contribution in [3.05, 3.63) is 46.3 Å². The zero-order valence-electron chi connectivity index (χ0n) is 9.43. The van der Waals surface area contributed by atoms with Crippen LogP contribution in [0.2, 0.25) is 10.2 Å². The number of fused-ring (bicyclic) bond motifs is 1. The van der Waals surface area contributed by atoms with Crippen LogP contribution in [0.1, 0.15) is 5.56 Å². The molecule has 90 valence electrons. The topological polar surface area (TPSA) is 43.1 Å². The summed E-state index contributed by atoms with van der Waals surface area (Å²) < 4.78 is 1.79. The lowest BCUT2D eigenvalue weighted by Gasteiger charge is -2.02. The van der Waals surface area contributed by atoms with E-state index in [1.54, 1.807) is 16.8 Å². The maximum absolute atomic E-state index is 6.01. The van der Waals surface area contributed by atoms with E-state index >= 15 is 0 Å². The number of benzene rings is 1. The van der Waals surface area contributed by atoms with Gasteiger partial charge in [0.1, 0.15) is 11.5 Å². The molecule has 18 heavy (non-hydrogen) atoms. The second-order valence-corrected chi connectivity index (χ2v) is 4.72. The first-order valence-corrected chi connectivity index (χ1v) is 6.03. The Balaban J connectivity index is 2.22. The zero-order chi connectivity index (χ0) is 12.7. The number of nitrogens with zero attached hydrogens (tertiary/aromatic N) is 4. The maximum Gasteiger partial charge on any atom is 0.169 e. The molecule has 0 N–H and O–H groups in total. The molecule has 3 aromatic rings.